The van der Waals surface area contributed by atoms with Gasteiger partial charge in [0.05, 0.1) is 0 Å². The molecule has 1 atom stereocenters. The summed E-state index contributed by atoms with van der Waals surface area (Å²) in [5.41, 5.74) is 2.67. The maximum absolute atomic E-state index is 9.35. The van der Waals surface area contributed by atoms with Gasteiger partial charge in [0.25, 0.3) is 0 Å². The standard InChI is InChI=1S/C11H15NO.ClH/c1-8-7-12-5-4-9-6-10(13)2-3-11(8)9;/h2-3,6,8,12-13H,4-5,7H2,1H3;1H. The summed E-state index contributed by atoms with van der Waals surface area (Å²) < 4.78 is 0. The third-order valence-electron chi connectivity index (χ3n) is 2.68. The maximum atomic E-state index is 9.35. The van der Waals surface area contributed by atoms with Gasteiger partial charge in [-0.25, -0.2) is 0 Å². The molecule has 2 nitrogen and oxygen atoms in total. The average Bonchev–Trinajstić information content (AvgIpc) is 2.28. The smallest absolute Gasteiger partial charge is 0.115 e. The van der Waals surface area contributed by atoms with Crippen molar-refractivity contribution in [2.45, 2.75) is 19.3 Å². The molecular formula is C11H16ClNO. The lowest BCUT2D eigenvalue weighted by molar-refractivity contribution is 0.474. The van der Waals surface area contributed by atoms with Crippen LogP contribution in [0.3, 0.4) is 0 Å². The molecule has 0 radical (unpaired) electrons. The first-order valence-electron chi connectivity index (χ1n) is 4.80. The Bertz CT molecular complexity index is 314. The number of phenols is 1. The van der Waals surface area contributed by atoms with Crippen molar-refractivity contribution >= 4 is 12.4 Å². The molecule has 0 spiro atoms. The van der Waals surface area contributed by atoms with Gasteiger partial charge in [-0.2, -0.15) is 0 Å². The third kappa shape index (κ3) is 2.20. The van der Waals surface area contributed by atoms with Crippen LogP contribution in [0, 0.1) is 0 Å². The summed E-state index contributed by atoms with van der Waals surface area (Å²) >= 11 is 0. The van der Waals surface area contributed by atoms with Crippen molar-refractivity contribution in [1.82, 2.24) is 5.32 Å². The van der Waals surface area contributed by atoms with E-state index in [0.717, 1.165) is 19.5 Å². The first-order valence-corrected chi connectivity index (χ1v) is 4.80. The van der Waals surface area contributed by atoms with Crippen LogP contribution in [-0.4, -0.2) is 18.2 Å². The Morgan fingerprint density at radius 3 is 3.00 bits per heavy atom. The van der Waals surface area contributed by atoms with Gasteiger partial charge in [-0.1, -0.05) is 13.0 Å². The fourth-order valence-corrected chi connectivity index (χ4v) is 1.94. The molecule has 78 valence electrons. The van der Waals surface area contributed by atoms with E-state index >= 15 is 0 Å². The molecule has 2 N–H and O–H groups in total. The van der Waals surface area contributed by atoms with Gasteiger partial charge in [0.1, 0.15) is 5.75 Å². The summed E-state index contributed by atoms with van der Waals surface area (Å²) in [7, 11) is 0. The Hall–Kier alpha value is -0.730. The van der Waals surface area contributed by atoms with Gasteiger partial charge >= 0.3 is 0 Å². The van der Waals surface area contributed by atoms with Crippen LogP contribution >= 0.6 is 12.4 Å². The highest BCUT2D eigenvalue weighted by molar-refractivity contribution is 5.85. The largest absolute Gasteiger partial charge is 0.508 e. The molecule has 1 aliphatic rings. The maximum Gasteiger partial charge on any atom is 0.115 e. The number of phenolic OH excluding ortho intramolecular Hbond substituents is 1. The zero-order chi connectivity index (χ0) is 9.26. The molecule has 1 heterocycles. The number of halogens is 1. The molecule has 0 aliphatic carbocycles. The third-order valence-corrected chi connectivity index (χ3v) is 2.68. The van der Waals surface area contributed by atoms with Crippen LogP contribution in [0.25, 0.3) is 0 Å². The first kappa shape index (κ1) is 11.3. The second kappa shape index (κ2) is 4.67. The zero-order valence-electron chi connectivity index (χ0n) is 8.29. The topological polar surface area (TPSA) is 32.3 Å². The lowest BCUT2D eigenvalue weighted by Crippen LogP contribution is -2.18. The molecule has 0 saturated carbocycles. The van der Waals surface area contributed by atoms with Gasteiger partial charge < -0.3 is 10.4 Å². The Morgan fingerprint density at radius 2 is 2.21 bits per heavy atom. The second-order valence-corrected chi connectivity index (χ2v) is 3.74. The highest BCUT2D eigenvalue weighted by Gasteiger charge is 2.13. The molecule has 0 aromatic heterocycles. The highest BCUT2D eigenvalue weighted by Crippen LogP contribution is 2.25. The highest BCUT2D eigenvalue weighted by atomic mass is 35.5. The predicted octanol–water partition coefficient (Wildman–Crippen LogP) is 2.06. The summed E-state index contributed by atoms with van der Waals surface area (Å²) in [6, 6.07) is 5.71. The minimum absolute atomic E-state index is 0. The van der Waals surface area contributed by atoms with Crippen LogP contribution in [0.1, 0.15) is 24.0 Å². The molecule has 0 bridgehead atoms. The van der Waals surface area contributed by atoms with E-state index in [1.807, 2.05) is 12.1 Å². The number of hydrogen-bond acceptors (Lipinski definition) is 2. The number of hydrogen-bond donors (Lipinski definition) is 2. The summed E-state index contributed by atoms with van der Waals surface area (Å²) in [6.45, 7) is 4.27. The molecular weight excluding hydrogens is 198 g/mol. The van der Waals surface area contributed by atoms with Crippen molar-refractivity contribution in [1.29, 1.82) is 0 Å². The van der Waals surface area contributed by atoms with Crippen LogP contribution in [0.4, 0.5) is 0 Å². The SMILES string of the molecule is CC1CNCCc2cc(O)ccc21.Cl. The van der Waals surface area contributed by atoms with Crippen LogP contribution < -0.4 is 5.32 Å². The van der Waals surface area contributed by atoms with E-state index < -0.39 is 0 Å². The number of benzene rings is 1. The molecule has 1 aromatic rings. The van der Waals surface area contributed by atoms with E-state index in [1.165, 1.54) is 11.1 Å². The summed E-state index contributed by atoms with van der Waals surface area (Å²) in [5.74, 6) is 0.936. The molecule has 1 aliphatic heterocycles. The quantitative estimate of drug-likeness (QED) is 0.692. The molecule has 2 rings (SSSR count). The normalized spacial score (nSPS) is 20.5. The van der Waals surface area contributed by atoms with Crippen molar-refractivity contribution in [2.75, 3.05) is 13.1 Å². The first-order chi connectivity index (χ1) is 6.27. The van der Waals surface area contributed by atoms with E-state index in [9.17, 15) is 5.11 Å². The molecule has 3 heteroatoms. The fraction of sp³-hybridized carbons (Fsp3) is 0.455. The van der Waals surface area contributed by atoms with Crippen molar-refractivity contribution < 1.29 is 5.11 Å². The molecule has 14 heavy (non-hydrogen) atoms. The van der Waals surface area contributed by atoms with E-state index in [4.69, 9.17) is 0 Å². The van der Waals surface area contributed by atoms with Crippen molar-refractivity contribution in [2.24, 2.45) is 0 Å². The van der Waals surface area contributed by atoms with E-state index in [2.05, 4.69) is 12.2 Å². The Kier molecular flexibility index (Phi) is 3.78. The van der Waals surface area contributed by atoms with Crippen LogP contribution in [-0.2, 0) is 6.42 Å². The van der Waals surface area contributed by atoms with Crippen LogP contribution in [0.2, 0.25) is 0 Å². The lowest BCUT2D eigenvalue weighted by Gasteiger charge is -2.11. The Labute approximate surface area is 90.7 Å². The minimum atomic E-state index is 0. The van der Waals surface area contributed by atoms with Crippen LogP contribution in [0.5, 0.6) is 5.75 Å². The van der Waals surface area contributed by atoms with Gasteiger partial charge in [0.15, 0.2) is 0 Å². The fourth-order valence-electron chi connectivity index (χ4n) is 1.94. The minimum Gasteiger partial charge on any atom is -0.508 e. The molecule has 0 amide bonds. The molecule has 1 unspecified atom stereocenters. The van der Waals surface area contributed by atoms with Crippen LogP contribution in [0.15, 0.2) is 18.2 Å². The number of fused-ring (bicyclic) bond motifs is 1. The van der Waals surface area contributed by atoms with Gasteiger partial charge in [0.2, 0.25) is 0 Å². The van der Waals surface area contributed by atoms with E-state index in [-0.39, 0.29) is 12.4 Å². The summed E-state index contributed by atoms with van der Waals surface area (Å²) in [6.07, 6.45) is 1.02. The van der Waals surface area contributed by atoms with Gasteiger partial charge in [-0.15, -0.1) is 12.4 Å². The Balaban J connectivity index is 0.000000980. The summed E-state index contributed by atoms with van der Waals surface area (Å²) in [5, 5.41) is 12.7. The molecule has 1 aromatic carbocycles. The van der Waals surface area contributed by atoms with E-state index in [0.29, 0.717) is 11.7 Å². The predicted molar refractivity (Wildman–Crippen MR) is 60.3 cm³/mol. The van der Waals surface area contributed by atoms with Gasteiger partial charge in [-0.05, 0) is 42.1 Å². The lowest BCUT2D eigenvalue weighted by atomic mass is 9.95. The summed E-state index contributed by atoms with van der Waals surface area (Å²) in [4.78, 5) is 0. The van der Waals surface area contributed by atoms with Crippen molar-refractivity contribution in [3.63, 3.8) is 0 Å². The average molecular weight is 214 g/mol. The molecule has 0 fully saturated rings. The molecule has 0 saturated heterocycles. The van der Waals surface area contributed by atoms with Gasteiger partial charge in [0, 0.05) is 6.54 Å². The second-order valence-electron chi connectivity index (χ2n) is 3.74. The van der Waals surface area contributed by atoms with Crippen molar-refractivity contribution in [3.8, 4) is 5.75 Å². The van der Waals surface area contributed by atoms with Gasteiger partial charge in [-0.3, -0.25) is 0 Å². The number of nitrogens with one attached hydrogen (secondary N) is 1. The van der Waals surface area contributed by atoms with Crippen molar-refractivity contribution in [3.05, 3.63) is 29.3 Å². The zero-order valence-corrected chi connectivity index (χ0v) is 9.10. The number of aromatic hydroxyl groups is 1. The number of rotatable bonds is 0. The monoisotopic (exact) mass is 213 g/mol. The Morgan fingerprint density at radius 1 is 1.43 bits per heavy atom. The van der Waals surface area contributed by atoms with E-state index in [1.54, 1.807) is 6.07 Å².